The van der Waals surface area contributed by atoms with Crippen LogP contribution in [0.1, 0.15) is 5.56 Å². The van der Waals surface area contributed by atoms with Crippen LogP contribution in [0.4, 0.5) is 8.78 Å². The predicted octanol–water partition coefficient (Wildman–Crippen LogP) is 2.14. The highest BCUT2D eigenvalue weighted by Crippen LogP contribution is 2.21. The molecule has 1 aromatic carbocycles. The molecule has 19 heavy (non-hydrogen) atoms. The van der Waals surface area contributed by atoms with Crippen LogP contribution in [0.2, 0.25) is 0 Å². The third kappa shape index (κ3) is 3.46. The second-order valence-corrected chi connectivity index (χ2v) is 6.07. The monoisotopic (exact) mass is 286 g/mol. The molecule has 2 atom stereocenters. The molecule has 1 heterocycles. The van der Waals surface area contributed by atoms with Crippen LogP contribution in [0.5, 0.6) is 0 Å². The van der Waals surface area contributed by atoms with E-state index in [1.54, 1.807) is 0 Å². The van der Waals surface area contributed by atoms with E-state index in [9.17, 15) is 8.78 Å². The SMILES string of the molecule is CNC(Cc1c(F)cccc1F)C1CSCCN1C. The molecule has 0 bridgehead atoms. The number of nitrogens with one attached hydrogen (secondary N) is 1. The topological polar surface area (TPSA) is 15.3 Å². The number of thioether (sulfide) groups is 1. The first-order valence-corrected chi connectivity index (χ1v) is 7.67. The average molecular weight is 286 g/mol. The zero-order valence-electron chi connectivity index (χ0n) is 11.3. The van der Waals surface area contributed by atoms with Gasteiger partial charge < -0.3 is 10.2 Å². The lowest BCUT2D eigenvalue weighted by molar-refractivity contribution is 0.217. The number of likely N-dealkylation sites (N-methyl/N-ethyl adjacent to an activating group) is 2. The summed E-state index contributed by atoms with van der Waals surface area (Å²) in [7, 11) is 3.93. The molecule has 2 rings (SSSR count). The van der Waals surface area contributed by atoms with Gasteiger partial charge in [0.05, 0.1) is 0 Å². The van der Waals surface area contributed by atoms with Gasteiger partial charge in [0.25, 0.3) is 0 Å². The van der Waals surface area contributed by atoms with Crippen molar-refractivity contribution in [3.05, 3.63) is 35.4 Å². The summed E-state index contributed by atoms with van der Waals surface area (Å²) < 4.78 is 27.4. The molecule has 1 aliphatic rings. The quantitative estimate of drug-likeness (QED) is 0.913. The van der Waals surface area contributed by atoms with Gasteiger partial charge in [-0.15, -0.1) is 0 Å². The molecule has 0 radical (unpaired) electrons. The van der Waals surface area contributed by atoms with Crippen molar-refractivity contribution in [2.24, 2.45) is 0 Å². The zero-order valence-corrected chi connectivity index (χ0v) is 12.1. The summed E-state index contributed by atoms with van der Waals surface area (Å²) >= 11 is 1.90. The molecular formula is C14H20F2N2S. The van der Waals surface area contributed by atoms with Gasteiger partial charge in [0.15, 0.2) is 0 Å². The van der Waals surface area contributed by atoms with Crippen LogP contribution in [-0.2, 0) is 6.42 Å². The fraction of sp³-hybridized carbons (Fsp3) is 0.571. The fourth-order valence-electron chi connectivity index (χ4n) is 2.51. The predicted molar refractivity (Wildman–Crippen MR) is 76.7 cm³/mol. The van der Waals surface area contributed by atoms with E-state index in [-0.39, 0.29) is 11.6 Å². The first-order valence-electron chi connectivity index (χ1n) is 6.51. The molecule has 1 saturated heterocycles. The van der Waals surface area contributed by atoms with Crippen LogP contribution in [0, 0.1) is 11.6 Å². The van der Waals surface area contributed by atoms with Crippen LogP contribution in [0.15, 0.2) is 18.2 Å². The summed E-state index contributed by atoms with van der Waals surface area (Å²) in [5.74, 6) is 1.22. The number of hydrogen-bond donors (Lipinski definition) is 1. The van der Waals surface area contributed by atoms with E-state index in [1.165, 1.54) is 18.2 Å². The molecule has 1 fully saturated rings. The van der Waals surface area contributed by atoms with Crippen molar-refractivity contribution in [2.45, 2.75) is 18.5 Å². The van der Waals surface area contributed by atoms with Gasteiger partial charge in [0.2, 0.25) is 0 Å². The van der Waals surface area contributed by atoms with Crippen LogP contribution >= 0.6 is 11.8 Å². The smallest absolute Gasteiger partial charge is 0.129 e. The Kier molecular flexibility index (Phi) is 5.19. The summed E-state index contributed by atoms with van der Waals surface area (Å²) in [4.78, 5) is 2.27. The first-order chi connectivity index (χ1) is 9.13. The maximum Gasteiger partial charge on any atom is 0.129 e. The van der Waals surface area contributed by atoms with Crippen molar-refractivity contribution in [2.75, 3.05) is 32.1 Å². The minimum atomic E-state index is -0.452. The van der Waals surface area contributed by atoms with Gasteiger partial charge in [-0.25, -0.2) is 8.78 Å². The van der Waals surface area contributed by atoms with Crippen molar-refractivity contribution >= 4 is 11.8 Å². The summed E-state index contributed by atoms with van der Waals surface area (Å²) in [6.07, 6.45) is 0.380. The second kappa shape index (κ2) is 6.68. The van der Waals surface area contributed by atoms with Gasteiger partial charge >= 0.3 is 0 Å². The lowest BCUT2D eigenvalue weighted by Crippen LogP contribution is -2.53. The van der Waals surface area contributed by atoms with Crippen molar-refractivity contribution in [1.82, 2.24) is 10.2 Å². The Labute approximate surface area is 117 Å². The van der Waals surface area contributed by atoms with E-state index in [0.717, 1.165) is 18.1 Å². The third-order valence-electron chi connectivity index (χ3n) is 3.76. The van der Waals surface area contributed by atoms with Gasteiger partial charge in [0, 0.05) is 35.7 Å². The highest BCUT2D eigenvalue weighted by Gasteiger charge is 2.28. The van der Waals surface area contributed by atoms with E-state index in [2.05, 4.69) is 17.3 Å². The first kappa shape index (κ1) is 14.8. The van der Waals surface area contributed by atoms with Gasteiger partial charge in [-0.1, -0.05) is 6.07 Å². The Morgan fingerprint density at radius 2 is 2.11 bits per heavy atom. The van der Waals surface area contributed by atoms with Crippen LogP contribution < -0.4 is 5.32 Å². The molecule has 1 aromatic rings. The largest absolute Gasteiger partial charge is 0.315 e. The normalized spacial score (nSPS) is 22.4. The molecule has 1 aliphatic heterocycles. The van der Waals surface area contributed by atoms with E-state index < -0.39 is 11.6 Å². The number of rotatable bonds is 4. The summed E-state index contributed by atoms with van der Waals surface area (Å²) in [6.45, 7) is 1.02. The van der Waals surface area contributed by atoms with Crippen molar-refractivity contribution in [3.8, 4) is 0 Å². The highest BCUT2D eigenvalue weighted by atomic mass is 32.2. The number of benzene rings is 1. The van der Waals surface area contributed by atoms with Crippen LogP contribution in [0.25, 0.3) is 0 Å². The van der Waals surface area contributed by atoms with Crippen LogP contribution in [-0.4, -0.2) is 49.1 Å². The van der Waals surface area contributed by atoms with Crippen molar-refractivity contribution in [1.29, 1.82) is 0 Å². The maximum absolute atomic E-state index is 13.7. The third-order valence-corrected chi connectivity index (χ3v) is 4.81. The molecule has 0 amide bonds. The van der Waals surface area contributed by atoms with Gasteiger partial charge in [0.1, 0.15) is 11.6 Å². The van der Waals surface area contributed by atoms with Gasteiger partial charge in [-0.05, 0) is 32.6 Å². The van der Waals surface area contributed by atoms with Gasteiger partial charge in [-0.2, -0.15) is 11.8 Å². The summed E-state index contributed by atoms with van der Waals surface area (Å²) in [6, 6.07) is 4.42. The van der Waals surface area contributed by atoms with Crippen molar-refractivity contribution in [3.63, 3.8) is 0 Å². The van der Waals surface area contributed by atoms with Gasteiger partial charge in [-0.3, -0.25) is 0 Å². The van der Waals surface area contributed by atoms with E-state index in [4.69, 9.17) is 0 Å². The minimum absolute atomic E-state index is 0.0594. The summed E-state index contributed by atoms with van der Waals surface area (Å²) in [5.41, 5.74) is 0.186. The van der Waals surface area contributed by atoms with E-state index in [1.807, 2.05) is 18.8 Å². The molecule has 1 N–H and O–H groups in total. The lowest BCUT2D eigenvalue weighted by Gasteiger charge is -2.37. The molecule has 106 valence electrons. The maximum atomic E-state index is 13.7. The Morgan fingerprint density at radius 1 is 1.42 bits per heavy atom. The molecule has 0 aromatic heterocycles. The number of nitrogens with zero attached hydrogens (tertiary/aromatic N) is 1. The molecular weight excluding hydrogens is 266 g/mol. The Balaban J connectivity index is 2.14. The summed E-state index contributed by atoms with van der Waals surface area (Å²) in [5, 5.41) is 3.22. The number of halogens is 2. The Bertz CT molecular complexity index is 408. The van der Waals surface area contributed by atoms with Crippen LogP contribution in [0.3, 0.4) is 0 Å². The fourth-order valence-corrected chi connectivity index (χ4v) is 3.82. The molecule has 2 nitrogen and oxygen atoms in total. The molecule has 0 spiro atoms. The Morgan fingerprint density at radius 3 is 2.68 bits per heavy atom. The average Bonchev–Trinajstić information content (AvgIpc) is 2.40. The molecule has 0 saturated carbocycles. The number of hydrogen-bond acceptors (Lipinski definition) is 3. The highest BCUT2D eigenvalue weighted by molar-refractivity contribution is 7.99. The van der Waals surface area contributed by atoms with E-state index in [0.29, 0.717) is 12.5 Å². The molecule has 0 aliphatic carbocycles. The molecule has 2 unspecified atom stereocenters. The Hall–Kier alpha value is -0.650. The van der Waals surface area contributed by atoms with E-state index >= 15 is 0 Å². The molecule has 5 heteroatoms. The second-order valence-electron chi connectivity index (χ2n) is 4.92. The lowest BCUT2D eigenvalue weighted by atomic mass is 9.98. The zero-order chi connectivity index (χ0) is 13.8. The standard InChI is InChI=1S/C14H20F2N2S/c1-17-13(14-9-19-7-6-18(14)2)8-10-11(15)4-3-5-12(10)16/h3-5,13-14,17H,6-9H2,1-2H3. The minimum Gasteiger partial charge on any atom is -0.315 e. The van der Waals surface area contributed by atoms with Crippen molar-refractivity contribution < 1.29 is 8.78 Å².